The number of rotatable bonds is 0. The van der Waals surface area contributed by atoms with Crippen molar-refractivity contribution >= 4 is 11.6 Å². The molecule has 0 aromatic heterocycles. The van der Waals surface area contributed by atoms with Gasteiger partial charge in [-0.25, -0.2) is 0 Å². The number of fused-ring (bicyclic) bond motifs is 2. The standard InChI is InChI=1S/C19H24O4/c1-11-12-4-7-19(14(11)21)17(8-12)9-22-10-18(19)13(20)5-6-16(2,3)15(18)23-17/h5-6,11-12,15H,4,7-10H2,1-3H3/t11-,12?,15?,17+,18?,19?/m1/s1. The topological polar surface area (TPSA) is 52.6 Å². The van der Waals surface area contributed by atoms with Crippen LogP contribution in [0.25, 0.3) is 0 Å². The van der Waals surface area contributed by atoms with Gasteiger partial charge < -0.3 is 9.47 Å². The van der Waals surface area contributed by atoms with Crippen LogP contribution in [0.1, 0.15) is 40.0 Å². The third kappa shape index (κ3) is 1.21. The summed E-state index contributed by atoms with van der Waals surface area (Å²) in [5.74, 6) is 0.722. The average Bonchev–Trinajstić information content (AvgIpc) is 2.66. The number of Topliss-reactive ketones (excluding diaryl/α,β-unsaturated/α-hetero) is 1. The van der Waals surface area contributed by atoms with Crippen LogP contribution in [0.5, 0.6) is 0 Å². The first-order valence-electron chi connectivity index (χ1n) is 8.84. The first kappa shape index (κ1) is 14.4. The Morgan fingerprint density at radius 3 is 2.78 bits per heavy atom. The number of ketones is 2. The summed E-state index contributed by atoms with van der Waals surface area (Å²) in [4.78, 5) is 26.7. The number of carbonyl (C=O) groups excluding carboxylic acids is 2. The Bertz CT molecular complexity index is 664. The first-order chi connectivity index (χ1) is 10.8. The summed E-state index contributed by atoms with van der Waals surface area (Å²) in [6.07, 6.45) is 6.08. The quantitative estimate of drug-likeness (QED) is 0.688. The monoisotopic (exact) mass is 316 g/mol. The number of carbonyl (C=O) groups is 2. The lowest BCUT2D eigenvalue weighted by Gasteiger charge is -2.63. The van der Waals surface area contributed by atoms with Crippen LogP contribution in [0, 0.1) is 28.1 Å². The second-order valence-electron chi connectivity index (χ2n) is 9.04. The molecule has 6 rings (SSSR count). The average molecular weight is 316 g/mol. The predicted octanol–water partition coefficient (Wildman–Crippen LogP) is 2.31. The van der Waals surface area contributed by atoms with Crippen LogP contribution in [0.4, 0.5) is 0 Å². The van der Waals surface area contributed by atoms with Crippen molar-refractivity contribution < 1.29 is 19.1 Å². The summed E-state index contributed by atoms with van der Waals surface area (Å²) in [6.45, 7) is 7.07. The van der Waals surface area contributed by atoms with Gasteiger partial charge >= 0.3 is 0 Å². The maximum atomic E-state index is 13.5. The molecule has 6 atom stereocenters. The van der Waals surface area contributed by atoms with E-state index >= 15 is 0 Å². The van der Waals surface area contributed by atoms with Crippen molar-refractivity contribution in [2.75, 3.05) is 13.2 Å². The largest absolute Gasteiger partial charge is 0.377 e. The molecule has 5 fully saturated rings. The summed E-state index contributed by atoms with van der Waals surface area (Å²) in [6, 6.07) is 0. The Labute approximate surface area is 136 Å². The molecule has 0 amide bonds. The number of ether oxygens (including phenoxy) is 2. The molecule has 0 aromatic carbocycles. The van der Waals surface area contributed by atoms with Gasteiger partial charge in [0.25, 0.3) is 0 Å². The Hall–Kier alpha value is -1.00. The Morgan fingerprint density at radius 2 is 2.00 bits per heavy atom. The fourth-order valence-corrected chi connectivity index (χ4v) is 6.77. The van der Waals surface area contributed by atoms with Crippen molar-refractivity contribution in [3.8, 4) is 0 Å². The van der Waals surface area contributed by atoms with Crippen LogP contribution in [0.15, 0.2) is 12.2 Å². The van der Waals surface area contributed by atoms with Gasteiger partial charge in [-0.15, -0.1) is 0 Å². The van der Waals surface area contributed by atoms with Gasteiger partial charge in [-0.05, 0) is 31.3 Å². The molecule has 6 aliphatic rings. The molecule has 2 spiro atoms. The van der Waals surface area contributed by atoms with Crippen molar-refractivity contribution in [1.82, 2.24) is 0 Å². The highest BCUT2D eigenvalue weighted by Gasteiger charge is 2.85. The summed E-state index contributed by atoms with van der Waals surface area (Å²) < 4.78 is 12.6. The van der Waals surface area contributed by atoms with Crippen LogP contribution in [0.3, 0.4) is 0 Å². The van der Waals surface area contributed by atoms with Crippen LogP contribution < -0.4 is 0 Å². The zero-order valence-corrected chi connectivity index (χ0v) is 14.1. The van der Waals surface area contributed by atoms with E-state index in [0.29, 0.717) is 19.1 Å². The molecule has 23 heavy (non-hydrogen) atoms. The van der Waals surface area contributed by atoms with Crippen molar-refractivity contribution in [3.63, 3.8) is 0 Å². The lowest BCUT2D eigenvalue weighted by Crippen LogP contribution is -2.73. The van der Waals surface area contributed by atoms with E-state index in [1.165, 1.54) is 0 Å². The molecule has 4 bridgehead atoms. The Balaban J connectivity index is 1.83. The SMILES string of the molecule is C[C@H]1C(=O)C23CCC1C[C@]21COCC32C(=O)C=CC(C)(C)C2O1. The van der Waals surface area contributed by atoms with Gasteiger partial charge in [0.1, 0.15) is 11.4 Å². The maximum Gasteiger partial charge on any atom is 0.167 e. The molecule has 3 saturated carbocycles. The molecule has 0 N–H and O–H groups in total. The highest BCUT2D eigenvalue weighted by Crippen LogP contribution is 2.74. The molecule has 0 aromatic rings. The lowest BCUT2D eigenvalue weighted by atomic mass is 9.39. The highest BCUT2D eigenvalue weighted by molar-refractivity contribution is 6.05. The summed E-state index contributed by atoms with van der Waals surface area (Å²) in [5.41, 5.74) is -2.33. The molecule has 4 aliphatic carbocycles. The lowest BCUT2D eigenvalue weighted by molar-refractivity contribution is -0.222. The molecule has 4 unspecified atom stereocenters. The molecule has 4 heteroatoms. The van der Waals surface area contributed by atoms with Crippen LogP contribution in [0.2, 0.25) is 0 Å². The van der Waals surface area contributed by atoms with Gasteiger partial charge in [0.2, 0.25) is 0 Å². The van der Waals surface area contributed by atoms with E-state index in [1.54, 1.807) is 6.08 Å². The second-order valence-corrected chi connectivity index (χ2v) is 9.04. The van der Waals surface area contributed by atoms with E-state index in [-0.39, 0.29) is 29.0 Å². The molecule has 2 heterocycles. The normalized spacial score (nSPS) is 55.7. The van der Waals surface area contributed by atoms with Gasteiger partial charge in [-0.2, -0.15) is 0 Å². The molecule has 4 nitrogen and oxygen atoms in total. The van der Waals surface area contributed by atoms with Gasteiger partial charge in [-0.1, -0.05) is 26.8 Å². The van der Waals surface area contributed by atoms with E-state index in [9.17, 15) is 9.59 Å². The fraction of sp³-hybridized carbons (Fsp3) is 0.789. The van der Waals surface area contributed by atoms with Crippen molar-refractivity contribution in [2.24, 2.45) is 28.1 Å². The van der Waals surface area contributed by atoms with Gasteiger partial charge in [0, 0.05) is 11.3 Å². The Kier molecular flexibility index (Phi) is 2.37. The zero-order chi connectivity index (χ0) is 16.3. The summed E-state index contributed by atoms with van der Waals surface area (Å²) in [5, 5.41) is 0. The minimum atomic E-state index is -0.819. The summed E-state index contributed by atoms with van der Waals surface area (Å²) >= 11 is 0. The molecule has 124 valence electrons. The third-order valence-corrected chi connectivity index (χ3v) is 7.80. The Morgan fingerprint density at radius 1 is 1.22 bits per heavy atom. The van der Waals surface area contributed by atoms with E-state index in [1.807, 2.05) is 6.08 Å². The van der Waals surface area contributed by atoms with Crippen molar-refractivity contribution in [3.05, 3.63) is 12.2 Å². The molecule has 0 radical (unpaired) electrons. The second kappa shape index (κ2) is 3.80. The molecular formula is C19H24O4. The molecular weight excluding hydrogens is 292 g/mol. The van der Waals surface area contributed by atoms with Gasteiger partial charge in [0.05, 0.1) is 30.1 Å². The van der Waals surface area contributed by atoms with Crippen molar-refractivity contribution in [1.29, 1.82) is 0 Å². The number of allylic oxidation sites excluding steroid dienone is 1. The minimum Gasteiger partial charge on any atom is -0.377 e. The summed E-state index contributed by atoms with van der Waals surface area (Å²) in [7, 11) is 0. The first-order valence-corrected chi connectivity index (χ1v) is 8.84. The van der Waals surface area contributed by atoms with Crippen LogP contribution >= 0.6 is 0 Å². The number of hydrogen-bond acceptors (Lipinski definition) is 4. The minimum absolute atomic E-state index is 0.0380. The van der Waals surface area contributed by atoms with Gasteiger partial charge in [0.15, 0.2) is 5.78 Å². The van der Waals surface area contributed by atoms with Crippen LogP contribution in [-0.4, -0.2) is 36.5 Å². The van der Waals surface area contributed by atoms with E-state index in [4.69, 9.17) is 9.47 Å². The van der Waals surface area contributed by atoms with Crippen molar-refractivity contribution in [2.45, 2.75) is 51.7 Å². The molecule has 2 aliphatic heterocycles. The van der Waals surface area contributed by atoms with Crippen LogP contribution in [-0.2, 0) is 19.1 Å². The fourth-order valence-electron chi connectivity index (χ4n) is 6.77. The van der Waals surface area contributed by atoms with E-state index in [0.717, 1.165) is 19.3 Å². The zero-order valence-electron chi connectivity index (χ0n) is 14.1. The maximum absolute atomic E-state index is 13.5. The molecule has 2 saturated heterocycles. The third-order valence-electron chi connectivity index (χ3n) is 7.80. The van der Waals surface area contributed by atoms with E-state index < -0.39 is 16.4 Å². The van der Waals surface area contributed by atoms with Gasteiger partial charge in [-0.3, -0.25) is 9.59 Å². The predicted molar refractivity (Wildman–Crippen MR) is 82.7 cm³/mol. The smallest absolute Gasteiger partial charge is 0.167 e. The van der Waals surface area contributed by atoms with E-state index in [2.05, 4.69) is 20.8 Å². The number of hydrogen-bond donors (Lipinski definition) is 0. The highest BCUT2D eigenvalue weighted by atomic mass is 16.6.